The molecule has 0 saturated carbocycles. The normalized spacial score (nSPS) is 14.8. The number of thioether (sulfide) groups is 1. The van der Waals surface area contributed by atoms with Gasteiger partial charge in [0, 0.05) is 24.9 Å². The minimum atomic E-state index is 0.685. The number of hydrogen-bond donors (Lipinski definition) is 0. The Labute approximate surface area is 156 Å². The summed E-state index contributed by atoms with van der Waals surface area (Å²) in [6, 6.07) is 10.4. The van der Waals surface area contributed by atoms with E-state index in [0.717, 1.165) is 41.3 Å². The zero-order chi connectivity index (χ0) is 17.9. The Bertz CT molecular complexity index is 868. The lowest BCUT2D eigenvalue weighted by Crippen LogP contribution is -2.37. The van der Waals surface area contributed by atoms with Crippen molar-refractivity contribution in [3.05, 3.63) is 47.3 Å². The second kappa shape index (κ2) is 7.51. The highest BCUT2D eigenvalue weighted by Crippen LogP contribution is 2.29. The average Bonchev–Trinajstić information content (AvgIpc) is 3.27. The van der Waals surface area contributed by atoms with Crippen LogP contribution in [0.5, 0.6) is 0 Å². The molecule has 3 aromatic rings. The molecule has 0 aliphatic carbocycles. The predicted molar refractivity (Wildman–Crippen MR) is 99.9 cm³/mol. The topological polar surface area (TPSA) is 69.2 Å². The first-order chi connectivity index (χ1) is 12.7. The molecule has 0 atom stereocenters. The minimum absolute atomic E-state index is 0.685. The van der Waals surface area contributed by atoms with Gasteiger partial charge in [0.05, 0.1) is 24.6 Å². The predicted octanol–water partition coefficient (Wildman–Crippen LogP) is 3.00. The molecule has 26 heavy (non-hydrogen) atoms. The SMILES string of the molecule is Cc1ccc(-n2c(SCc3cc(C)on3)nnc2N2CCOCC2)cc1. The standard InChI is InChI=1S/C18H21N5O2S/c1-13-3-5-16(6-4-13)23-17(22-7-9-24-10-8-22)19-20-18(23)26-12-15-11-14(2)25-21-15/h3-6,11H,7-10,12H2,1-2H3. The van der Waals surface area contributed by atoms with E-state index in [1.54, 1.807) is 11.8 Å². The van der Waals surface area contributed by atoms with Crippen molar-refractivity contribution in [3.8, 4) is 5.69 Å². The Morgan fingerprint density at radius 1 is 1.08 bits per heavy atom. The molecule has 136 valence electrons. The van der Waals surface area contributed by atoms with E-state index in [-0.39, 0.29) is 0 Å². The summed E-state index contributed by atoms with van der Waals surface area (Å²) in [5, 5.41) is 13.8. The molecule has 0 spiro atoms. The van der Waals surface area contributed by atoms with Gasteiger partial charge in [0.15, 0.2) is 5.16 Å². The van der Waals surface area contributed by atoms with Crippen LogP contribution in [0.1, 0.15) is 17.0 Å². The maximum Gasteiger partial charge on any atom is 0.232 e. The lowest BCUT2D eigenvalue weighted by atomic mass is 10.2. The van der Waals surface area contributed by atoms with E-state index < -0.39 is 0 Å². The molecule has 7 nitrogen and oxygen atoms in total. The fourth-order valence-corrected chi connectivity index (χ4v) is 3.70. The fraction of sp³-hybridized carbons (Fsp3) is 0.389. The van der Waals surface area contributed by atoms with Gasteiger partial charge in [0.2, 0.25) is 5.95 Å². The first-order valence-corrected chi connectivity index (χ1v) is 9.59. The van der Waals surface area contributed by atoms with E-state index in [2.05, 4.69) is 56.0 Å². The van der Waals surface area contributed by atoms with Gasteiger partial charge in [0.25, 0.3) is 0 Å². The third kappa shape index (κ3) is 3.61. The molecular formula is C18H21N5O2S. The van der Waals surface area contributed by atoms with Gasteiger partial charge >= 0.3 is 0 Å². The van der Waals surface area contributed by atoms with Gasteiger partial charge in [-0.15, -0.1) is 10.2 Å². The number of nitrogens with zero attached hydrogens (tertiary/aromatic N) is 5. The monoisotopic (exact) mass is 371 g/mol. The van der Waals surface area contributed by atoms with Crippen molar-refractivity contribution < 1.29 is 9.26 Å². The summed E-state index contributed by atoms with van der Waals surface area (Å²) in [5.41, 5.74) is 3.18. The molecule has 1 aliphatic heterocycles. The summed E-state index contributed by atoms with van der Waals surface area (Å²) in [7, 11) is 0. The molecule has 2 aromatic heterocycles. The van der Waals surface area contributed by atoms with Gasteiger partial charge in [-0.1, -0.05) is 34.6 Å². The third-order valence-electron chi connectivity index (χ3n) is 4.23. The van der Waals surface area contributed by atoms with Crippen molar-refractivity contribution in [2.75, 3.05) is 31.2 Å². The van der Waals surface area contributed by atoms with Crippen LogP contribution in [0.2, 0.25) is 0 Å². The molecule has 0 amide bonds. The van der Waals surface area contributed by atoms with Gasteiger partial charge in [-0.2, -0.15) is 0 Å². The highest BCUT2D eigenvalue weighted by atomic mass is 32.2. The third-order valence-corrected chi connectivity index (χ3v) is 5.19. The van der Waals surface area contributed by atoms with Crippen molar-refractivity contribution in [1.82, 2.24) is 19.9 Å². The summed E-state index contributed by atoms with van der Waals surface area (Å²) in [6.45, 7) is 7.03. The molecule has 0 unspecified atom stereocenters. The second-order valence-electron chi connectivity index (χ2n) is 6.27. The van der Waals surface area contributed by atoms with Gasteiger partial charge < -0.3 is 14.2 Å². The summed E-state index contributed by atoms with van der Waals surface area (Å²) in [6.07, 6.45) is 0. The Kier molecular flexibility index (Phi) is 4.94. The Morgan fingerprint density at radius 3 is 2.54 bits per heavy atom. The number of rotatable bonds is 5. The first kappa shape index (κ1) is 17.1. The van der Waals surface area contributed by atoms with Crippen molar-refractivity contribution in [3.63, 3.8) is 0 Å². The Balaban J connectivity index is 1.66. The zero-order valence-electron chi connectivity index (χ0n) is 14.9. The number of ether oxygens (including phenoxy) is 1. The zero-order valence-corrected chi connectivity index (χ0v) is 15.7. The lowest BCUT2D eigenvalue weighted by Gasteiger charge is -2.27. The fourth-order valence-electron chi connectivity index (χ4n) is 2.87. The number of benzene rings is 1. The number of morpholine rings is 1. The van der Waals surface area contributed by atoms with E-state index in [1.807, 2.05) is 13.0 Å². The van der Waals surface area contributed by atoms with Crippen molar-refractivity contribution in [2.24, 2.45) is 0 Å². The number of hydrogen-bond acceptors (Lipinski definition) is 7. The van der Waals surface area contributed by atoms with Crippen LogP contribution >= 0.6 is 11.8 Å². The minimum Gasteiger partial charge on any atom is -0.378 e. The van der Waals surface area contributed by atoms with Crippen molar-refractivity contribution in [2.45, 2.75) is 24.8 Å². The molecule has 0 N–H and O–H groups in total. The summed E-state index contributed by atoms with van der Waals surface area (Å²) in [5.74, 6) is 2.36. The molecule has 1 saturated heterocycles. The van der Waals surface area contributed by atoms with E-state index in [9.17, 15) is 0 Å². The Hall–Kier alpha value is -2.32. The van der Waals surface area contributed by atoms with Crippen LogP contribution in [-0.4, -0.2) is 46.2 Å². The quantitative estimate of drug-likeness (QED) is 0.639. The van der Waals surface area contributed by atoms with Gasteiger partial charge in [-0.25, -0.2) is 0 Å². The molecule has 1 aromatic carbocycles. The maximum absolute atomic E-state index is 5.47. The first-order valence-electron chi connectivity index (χ1n) is 8.61. The number of aromatic nitrogens is 4. The van der Waals surface area contributed by atoms with E-state index in [0.29, 0.717) is 19.0 Å². The number of aryl methyl sites for hydroxylation is 2. The molecule has 0 bridgehead atoms. The molecule has 3 heterocycles. The lowest BCUT2D eigenvalue weighted by molar-refractivity contribution is 0.122. The molecule has 8 heteroatoms. The number of anilines is 1. The van der Waals surface area contributed by atoms with Crippen molar-refractivity contribution >= 4 is 17.7 Å². The van der Waals surface area contributed by atoms with Crippen LogP contribution in [0.15, 0.2) is 40.0 Å². The maximum atomic E-state index is 5.47. The molecule has 1 fully saturated rings. The van der Waals surface area contributed by atoms with Crippen LogP contribution in [0.25, 0.3) is 5.69 Å². The molecule has 0 radical (unpaired) electrons. The molecule has 4 rings (SSSR count). The Morgan fingerprint density at radius 2 is 1.85 bits per heavy atom. The van der Waals surface area contributed by atoms with Gasteiger partial charge in [-0.05, 0) is 26.0 Å². The van der Waals surface area contributed by atoms with Crippen LogP contribution in [0, 0.1) is 13.8 Å². The van der Waals surface area contributed by atoms with E-state index >= 15 is 0 Å². The van der Waals surface area contributed by atoms with E-state index in [1.165, 1.54) is 5.56 Å². The molecular weight excluding hydrogens is 350 g/mol. The van der Waals surface area contributed by atoms with Crippen LogP contribution < -0.4 is 4.90 Å². The summed E-state index contributed by atoms with van der Waals surface area (Å²) >= 11 is 1.61. The van der Waals surface area contributed by atoms with Crippen LogP contribution in [0.3, 0.4) is 0 Å². The van der Waals surface area contributed by atoms with Gasteiger partial charge in [0.1, 0.15) is 5.76 Å². The van der Waals surface area contributed by atoms with Crippen LogP contribution in [0.4, 0.5) is 5.95 Å². The second-order valence-corrected chi connectivity index (χ2v) is 7.21. The summed E-state index contributed by atoms with van der Waals surface area (Å²) in [4.78, 5) is 2.22. The van der Waals surface area contributed by atoms with Gasteiger partial charge in [-0.3, -0.25) is 4.57 Å². The highest BCUT2D eigenvalue weighted by molar-refractivity contribution is 7.98. The smallest absolute Gasteiger partial charge is 0.232 e. The summed E-state index contributed by atoms with van der Waals surface area (Å²) < 4.78 is 12.7. The van der Waals surface area contributed by atoms with Crippen molar-refractivity contribution in [1.29, 1.82) is 0 Å². The van der Waals surface area contributed by atoms with E-state index in [4.69, 9.17) is 9.26 Å². The average molecular weight is 371 g/mol. The highest BCUT2D eigenvalue weighted by Gasteiger charge is 2.22. The molecule has 1 aliphatic rings. The largest absolute Gasteiger partial charge is 0.378 e. The van der Waals surface area contributed by atoms with Crippen LogP contribution in [-0.2, 0) is 10.5 Å².